The molecule has 50 heavy (non-hydrogen) atoms. The normalized spacial score (nSPS) is 29.0. The molecule has 4 amide bonds. The fourth-order valence-electron chi connectivity index (χ4n) is 7.12. The molecule has 0 spiro atoms. The summed E-state index contributed by atoms with van der Waals surface area (Å²) < 4.78 is 73.9. The maximum absolute atomic E-state index is 14.3. The van der Waals surface area contributed by atoms with Crippen LogP contribution in [-0.4, -0.2) is 71.9 Å². The third-order valence-electron chi connectivity index (χ3n) is 10.1. The molecule has 12 nitrogen and oxygen atoms in total. The lowest BCUT2D eigenvalue weighted by molar-refractivity contribution is -0.153. The predicted octanol–water partition coefficient (Wildman–Crippen LogP) is 4.54. The van der Waals surface area contributed by atoms with Crippen LogP contribution in [0.2, 0.25) is 0 Å². The lowest BCUT2D eigenvalue weighted by Gasteiger charge is -2.34. The first-order chi connectivity index (χ1) is 23.5. The quantitative estimate of drug-likeness (QED) is 0.286. The maximum atomic E-state index is 14.3. The van der Waals surface area contributed by atoms with Crippen LogP contribution in [-0.2, 0) is 35.1 Å². The number of primary amides is 1. The van der Waals surface area contributed by atoms with Crippen LogP contribution in [0.15, 0.2) is 35.7 Å². The van der Waals surface area contributed by atoms with Crippen LogP contribution in [0, 0.1) is 24.2 Å². The first-order valence-corrected chi connectivity index (χ1v) is 18.8. The number of carbonyl (C=O) groups excluding carboxylic acids is 4. The Kier molecular flexibility index (Phi) is 9.29. The van der Waals surface area contributed by atoms with Gasteiger partial charge in [-0.1, -0.05) is 12.2 Å². The maximum Gasteiger partial charge on any atom is 0.416 e. The molecule has 0 bridgehead atoms. The van der Waals surface area contributed by atoms with Crippen LogP contribution in [0.5, 0.6) is 0 Å². The number of thiazole rings is 1. The molecule has 0 saturated heterocycles. The van der Waals surface area contributed by atoms with Gasteiger partial charge in [0.2, 0.25) is 17.7 Å². The largest absolute Gasteiger partial charge is 0.446 e. The summed E-state index contributed by atoms with van der Waals surface area (Å²) in [5.74, 6) is -4.79. The van der Waals surface area contributed by atoms with Crippen molar-refractivity contribution in [2.24, 2.45) is 23.0 Å². The van der Waals surface area contributed by atoms with E-state index >= 15 is 0 Å². The molecule has 5 atom stereocenters. The number of alkyl halides is 3. The average molecular weight is 738 g/mol. The molecule has 3 fully saturated rings. The molecule has 6 rings (SSSR count). The van der Waals surface area contributed by atoms with Gasteiger partial charge in [-0.3, -0.25) is 19.7 Å². The van der Waals surface area contributed by atoms with E-state index in [4.69, 9.17) is 10.5 Å². The van der Waals surface area contributed by atoms with E-state index in [1.165, 1.54) is 18.0 Å². The lowest BCUT2D eigenvalue weighted by Crippen LogP contribution is -2.59. The molecule has 270 valence electrons. The van der Waals surface area contributed by atoms with Gasteiger partial charge in [-0.25, -0.2) is 18.2 Å². The molecule has 5 unspecified atom stereocenters. The smallest absolute Gasteiger partial charge is 0.416 e. The molecule has 17 heteroatoms. The minimum Gasteiger partial charge on any atom is -0.446 e. The van der Waals surface area contributed by atoms with Gasteiger partial charge in [0.05, 0.1) is 22.4 Å². The van der Waals surface area contributed by atoms with Crippen molar-refractivity contribution in [3.8, 4) is 10.6 Å². The van der Waals surface area contributed by atoms with Crippen LogP contribution in [0.25, 0.3) is 10.6 Å². The second-order valence-electron chi connectivity index (χ2n) is 13.6. The fraction of sp³-hybridized carbons (Fsp3) is 0.545. The number of anilines is 1. The molecular weight excluding hydrogens is 700 g/mol. The highest BCUT2D eigenvalue weighted by Gasteiger charge is 2.70. The zero-order chi connectivity index (χ0) is 36.2. The van der Waals surface area contributed by atoms with Crippen molar-refractivity contribution in [2.75, 3.05) is 18.9 Å². The van der Waals surface area contributed by atoms with Crippen molar-refractivity contribution in [3.05, 3.63) is 47.0 Å². The molecule has 1 aromatic heterocycles. The standard InChI is InChI=1S/C33H38F3N5O7S2/c1-18-17-49-26(38-18)23-11-8-19(33(34,35)36)13-25(23)39-30(45)48-21-14-24-27(42)41(2)12-6-4-3-5-7-20-15-32(20,50(46,47)22-9-10-22)40-29(44)31(24,16-21)28(37)43/h5,7-8,11,13,17,20-22,24H,3-4,6,9-10,12,14-16H2,1-2H3,(H2,37,43)(H,39,45)(H,40,44). The van der Waals surface area contributed by atoms with Gasteiger partial charge >= 0.3 is 12.3 Å². The summed E-state index contributed by atoms with van der Waals surface area (Å²) in [7, 11) is -2.36. The molecule has 0 radical (unpaired) electrons. The van der Waals surface area contributed by atoms with Gasteiger partial charge in [-0.05, 0) is 70.1 Å². The molecule has 2 heterocycles. The van der Waals surface area contributed by atoms with E-state index in [0.717, 1.165) is 23.5 Å². The van der Waals surface area contributed by atoms with E-state index in [9.17, 15) is 40.8 Å². The van der Waals surface area contributed by atoms with Crippen molar-refractivity contribution >= 4 is 50.7 Å². The number of rotatable bonds is 6. The summed E-state index contributed by atoms with van der Waals surface area (Å²) >= 11 is 1.16. The first kappa shape index (κ1) is 35.8. The van der Waals surface area contributed by atoms with E-state index < -0.39 is 85.3 Å². The van der Waals surface area contributed by atoms with Crippen LogP contribution in [0.4, 0.5) is 23.7 Å². The minimum absolute atomic E-state index is 0.0989. The highest BCUT2D eigenvalue weighted by Crippen LogP contribution is 2.55. The average Bonchev–Trinajstić information content (AvgIpc) is 3.94. The van der Waals surface area contributed by atoms with Crippen molar-refractivity contribution in [1.82, 2.24) is 15.2 Å². The van der Waals surface area contributed by atoms with E-state index in [1.807, 2.05) is 6.08 Å². The van der Waals surface area contributed by atoms with Gasteiger partial charge < -0.3 is 20.7 Å². The summed E-state index contributed by atoms with van der Waals surface area (Å²) in [5.41, 5.74) is 3.18. The first-order valence-electron chi connectivity index (χ1n) is 16.4. The Balaban J connectivity index is 1.31. The monoisotopic (exact) mass is 737 g/mol. The second kappa shape index (κ2) is 13.0. The summed E-state index contributed by atoms with van der Waals surface area (Å²) in [5, 5.41) is 6.41. The number of sulfone groups is 1. The number of allylic oxidation sites excluding steroid dienone is 1. The van der Waals surface area contributed by atoms with Gasteiger partial charge in [0, 0.05) is 42.6 Å². The highest BCUT2D eigenvalue weighted by atomic mass is 32.2. The summed E-state index contributed by atoms with van der Waals surface area (Å²) in [6.45, 7) is 2.00. The molecule has 1 aromatic carbocycles. The summed E-state index contributed by atoms with van der Waals surface area (Å²) in [6.07, 6.45) is -1.50. The minimum atomic E-state index is -4.72. The molecule has 2 aromatic rings. The number of amides is 4. The molecular formula is C33H38F3N5O7S2. The third-order valence-corrected chi connectivity index (χ3v) is 14.0. The number of fused-ring (bicyclic) bond motifs is 2. The Morgan fingerprint density at radius 1 is 1.18 bits per heavy atom. The summed E-state index contributed by atoms with van der Waals surface area (Å²) in [4.78, 5) is 59.0. The van der Waals surface area contributed by atoms with Crippen molar-refractivity contribution in [1.29, 1.82) is 0 Å². The highest BCUT2D eigenvalue weighted by molar-refractivity contribution is 7.94. The Hall–Kier alpha value is -3.99. The van der Waals surface area contributed by atoms with Gasteiger partial charge in [0.15, 0.2) is 9.84 Å². The van der Waals surface area contributed by atoms with Crippen molar-refractivity contribution < 1.29 is 45.5 Å². The number of carbonyl (C=O) groups is 4. The zero-order valence-electron chi connectivity index (χ0n) is 27.4. The van der Waals surface area contributed by atoms with Crippen LogP contribution in [0.3, 0.4) is 0 Å². The van der Waals surface area contributed by atoms with E-state index in [-0.39, 0.29) is 24.1 Å². The van der Waals surface area contributed by atoms with Gasteiger partial charge in [-0.15, -0.1) is 11.3 Å². The van der Waals surface area contributed by atoms with Gasteiger partial charge in [-0.2, -0.15) is 13.2 Å². The zero-order valence-corrected chi connectivity index (χ0v) is 29.1. The fourth-order valence-corrected chi connectivity index (χ4v) is 10.5. The number of hydrogen-bond donors (Lipinski definition) is 3. The molecule has 3 saturated carbocycles. The Morgan fingerprint density at radius 3 is 2.56 bits per heavy atom. The van der Waals surface area contributed by atoms with Crippen molar-refractivity contribution in [3.63, 3.8) is 0 Å². The number of benzene rings is 1. The number of nitrogens with two attached hydrogens (primary N) is 1. The van der Waals surface area contributed by atoms with E-state index in [0.29, 0.717) is 49.4 Å². The molecule has 3 aliphatic carbocycles. The number of nitrogens with zero attached hydrogens (tertiary/aromatic N) is 2. The Labute approximate surface area is 290 Å². The molecule has 4 N–H and O–H groups in total. The number of ether oxygens (including phenoxy) is 1. The Morgan fingerprint density at radius 2 is 1.92 bits per heavy atom. The lowest BCUT2D eigenvalue weighted by atomic mass is 9.75. The van der Waals surface area contributed by atoms with Crippen LogP contribution < -0.4 is 16.4 Å². The van der Waals surface area contributed by atoms with Gasteiger partial charge in [0.1, 0.15) is 21.4 Å². The number of aromatic nitrogens is 1. The topological polar surface area (TPSA) is 178 Å². The predicted molar refractivity (Wildman–Crippen MR) is 177 cm³/mol. The second-order valence-corrected chi connectivity index (χ2v) is 17.0. The Bertz CT molecular complexity index is 1860. The number of hydrogen-bond acceptors (Lipinski definition) is 9. The third kappa shape index (κ3) is 6.49. The van der Waals surface area contributed by atoms with Crippen molar-refractivity contribution in [2.45, 2.75) is 80.7 Å². The summed E-state index contributed by atoms with van der Waals surface area (Å²) in [6, 6.07) is 2.79. The van der Waals surface area contributed by atoms with Crippen LogP contribution >= 0.6 is 11.3 Å². The number of aryl methyl sites for hydroxylation is 1. The van der Waals surface area contributed by atoms with E-state index in [1.54, 1.807) is 18.4 Å². The van der Waals surface area contributed by atoms with E-state index in [2.05, 4.69) is 15.6 Å². The molecule has 1 aliphatic heterocycles. The number of halogens is 3. The van der Waals surface area contributed by atoms with Crippen LogP contribution in [0.1, 0.15) is 62.6 Å². The molecule has 4 aliphatic rings. The van der Waals surface area contributed by atoms with Gasteiger partial charge in [0.25, 0.3) is 0 Å². The number of nitrogens with one attached hydrogen (secondary N) is 2. The SMILES string of the molecule is Cc1csc(-c2ccc(C(F)(F)F)cc2NC(=O)OC2CC3C(=O)N(C)CCCCC=CC4CC4(S(=O)(=O)C4CC4)NC(=O)C3(C(N)=O)C2)n1.